The van der Waals surface area contributed by atoms with Crippen LogP contribution < -0.4 is 48.0 Å². The van der Waals surface area contributed by atoms with E-state index >= 15 is 0 Å². The van der Waals surface area contributed by atoms with Crippen molar-refractivity contribution in [3.8, 4) is 0 Å². The number of rotatable bonds is 0. The molecule has 0 bridgehead atoms. The zero-order chi connectivity index (χ0) is 7.94. The summed E-state index contributed by atoms with van der Waals surface area (Å²) < 4.78 is 6.35. The molecule has 0 aromatic carbocycles. The standard InChI is InChI=1S/C5H5.C4H8O.2HI.V/c2*1-2-4-5-3-1;;;/h1-3H,4H2;1-4H2;2*1H;/q;;;;+2/p-2. The van der Waals surface area contributed by atoms with Crippen LogP contribution in [-0.2, 0) is 22.2 Å². The fraction of sp³-hybridized carbons (Fsp3) is 0.556. The molecule has 13 heavy (non-hydrogen) atoms. The van der Waals surface area contributed by atoms with Crippen molar-refractivity contribution in [1.82, 2.24) is 0 Å². The Labute approximate surface area is 124 Å². The molecule has 1 heterocycles. The molecule has 4 heteroatoms. The molecule has 0 unspecified atom stereocenters. The van der Waals surface area contributed by atoms with Crippen LogP contribution in [0.2, 0.25) is 0 Å². The van der Waals surface area contributed by atoms with Crippen LogP contribution in [0.3, 0.4) is 0 Å². The predicted molar refractivity (Wildman–Crippen MR) is 41.9 cm³/mol. The van der Waals surface area contributed by atoms with Crippen LogP contribution >= 0.6 is 0 Å². The van der Waals surface area contributed by atoms with Crippen molar-refractivity contribution in [2.75, 3.05) is 13.2 Å². The Kier molecular flexibility index (Phi) is 15.0. The molecule has 1 aliphatic heterocycles. The van der Waals surface area contributed by atoms with Gasteiger partial charge in [-0.15, -0.1) is 0 Å². The summed E-state index contributed by atoms with van der Waals surface area (Å²) in [6, 6.07) is 0. The number of allylic oxidation sites excluding steroid dienone is 4. The van der Waals surface area contributed by atoms with Crippen molar-refractivity contribution in [2.24, 2.45) is 0 Å². The molecular formula is C9H13I2OV. The van der Waals surface area contributed by atoms with Gasteiger partial charge in [0.2, 0.25) is 0 Å². The molecule has 1 fully saturated rings. The Hall–Kier alpha value is 1.48. The predicted octanol–water partition coefficient (Wildman–Crippen LogP) is -3.82. The minimum atomic E-state index is 0. The van der Waals surface area contributed by atoms with Crippen LogP contribution in [0, 0.1) is 0 Å². The van der Waals surface area contributed by atoms with Crippen molar-refractivity contribution in [1.29, 1.82) is 0 Å². The molecule has 0 amide bonds. The summed E-state index contributed by atoms with van der Waals surface area (Å²) in [5.41, 5.74) is 0. The summed E-state index contributed by atoms with van der Waals surface area (Å²) in [4.78, 5) is 0. The van der Waals surface area contributed by atoms with Crippen LogP contribution in [0.4, 0.5) is 0 Å². The Bertz CT molecular complexity index is 157. The third-order valence-electron chi connectivity index (χ3n) is 1.58. The monoisotopic (exact) mass is 442 g/mol. The van der Waals surface area contributed by atoms with Gasteiger partial charge in [0.25, 0.3) is 0 Å². The van der Waals surface area contributed by atoms with Gasteiger partial charge < -0.3 is 52.7 Å². The van der Waals surface area contributed by atoms with E-state index in [9.17, 15) is 0 Å². The fourth-order valence-electron chi connectivity index (χ4n) is 0.946. The molecule has 74 valence electrons. The fourth-order valence-corrected chi connectivity index (χ4v) is 1.25. The molecular weight excluding hydrogens is 429 g/mol. The second-order valence-electron chi connectivity index (χ2n) is 2.61. The van der Waals surface area contributed by atoms with E-state index < -0.39 is 0 Å². The maximum atomic E-state index is 4.94. The second kappa shape index (κ2) is 11.6. The van der Waals surface area contributed by atoms with Gasteiger partial charge in [-0.05, 0) is 12.8 Å². The third kappa shape index (κ3) is 9.78. The molecule has 0 aromatic rings. The van der Waals surface area contributed by atoms with Gasteiger partial charge in [0.15, 0.2) is 0 Å². The molecule has 0 saturated carbocycles. The number of ether oxygens (including phenoxy) is 1. The Morgan fingerprint density at radius 1 is 1.15 bits per heavy atom. The maximum absolute atomic E-state index is 4.94. The molecule has 1 nitrogen and oxygen atoms in total. The van der Waals surface area contributed by atoms with Crippen molar-refractivity contribution in [2.45, 2.75) is 19.3 Å². The van der Waals surface area contributed by atoms with E-state index in [1.807, 2.05) is 0 Å². The van der Waals surface area contributed by atoms with Gasteiger partial charge in [-0.25, -0.2) is 0 Å². The zero-order valence-corrected chi connectivity index (χ0v) is 13.1. The van der Waals surface area contributed by atoms with Gasteiger partial charge in [-0.2, -0.15) is 0 Å². The number of halogens is 2. The van der Waals surface area contributed by atoms with Crippen molar-refractivity contribution in [3.63, 3.8) is 0 Å². The van der Waals surface area contributed by atoms with Gasteiger partial charge in [0, 0.05) is 13.2 Å². The molecule has 0 atom stereocenters. The van der Waals surface area contributed by atoms with Crippen molar-refractivity contribution >= 4 is 0 Å². The van der Waals surface area contributed by atoms with Gasteiger partial charge in [-0.1, -0.05) is 0 Å². The van der Waals surface area contributed by atoms with Gasteiger partial charge in [0.1, 0.15) is 0 Å². The first kappa shape index (κ1) is 16.9. The van der Waals surface area contributed by atoms with Gasteiger partial charge >= 0.3 is 46.4 Å². The van der Waals surface area contributed by atoms with Crippen LogP contribution in [0.15, 0.2) is 22.5 Å². The first-order valence-electron chi connectivity index (χ1n) is 4.02. The first-order chi connectivity index (χ1) is 5.39. The van der Waals surface area contributed by atoms with E-state index in [0.29, 0.717) is 0 Å². The van der Waals surface area contributed by atoms with Gasteiger partial charge in [-0.3, -0.25) is 0 Å². The molecule has 1 saturated heterocycles. The molecule has 2 aliphatic rings. The summed E-state index contributed by atoms with van der Waals surface area (Å²) in [7, 11) is 0. The van der Waals surface area contributed by atoms with E-state index in [1.165, 1.54) is 17.1 Å². The molecule has 0 radical (unpaired) electrons. The molecule has 0 spiro atoms. The van der Waals surface area contributed by atoms with E-state index in [1.54, 1.807) is 0 Å². The average Bonchev–Trinajstić information content (AvgIpc) is 2.57. The van der Waals surface area contributed by atoms with Gasteiger partial charge in [0.05, 0.1) is 0 Å². The molecule has 1 aliphatic carbocycles. The summed E-state index contributed by atoms with van der Waals surface area (Å²) in [6.07, 6.45) is 10.0. The van der Waals surface area contributed by atoms with E-state index in [0.717, 1.165) is 19.6 Å². The summed E-state index contributed by atoms with van der Waals surface area (Å²) in [5.74, 6) is 0. The SMILES string of the molecule is C1CCOC1.[I-].[I-].[V+2][C]1=CC=CC1. The van der Waals surface area contributed by atoms with E-state index in [-0.39, 0.29) is 48.0 Å². The van der Waals surface area contributed by atoms with Crippen molar-refractivity contribution < 1.29 is 70.1 Å². The Morgan fingerprint density at radius 2 is 1.77 bits per heavy atom. The molecule has 2 rings (SSSR count). The molecule has 0 aromatic heterocycles. The average molecular weight is 442 g/mol. The minimum absolute atomic E-state index is 0. The van der Waals surface area contributed by atoms with Crippen molar-refractivity contribution in [3.05, 3.63) is 22.5 Å². The summed E-state index contributed by atoms with van der Waals surface area (Å²) in [6.45, 7) is 2.00. The Morgan fingerprint density at radius 3 is 1.92 bits per heavy atom. The summed E-state index contributed by atoms with van der Waals surface area (Å²) in [5, 5.41) is 0. The van der Waals surface area contributed by atoms with Crippen LogP contribution in [0.5, 0.6) is 0 Å². The summed E-state index contributed by atoms with van der Waals surface area (Å²) >= 11 is 2.54. The van der Waals surface area contributed by atoms with Crippen LogP contribution in [0.25, 0.3) is 0 Å². The van der Waals surface area contributed by atoms with Crippen LogP contribution in [-0.4, -0.2) is 13.2 Å². The number of hydrogen-bond donors (Lipinski definition) is 0. The first-order valence-corrected chi connectivity index (χ1v) is 4.72. The van der Waals surface area contributed by atoms with Crippen LogP contribution in [0.1, 0.15) is 19.3 Å². The quantitative estimate of drug-likeness (QED) is 0.350. The zero-order valence-electron chi connectivity index (χ0n) is 7.38. The normalized spacial score (nSPS) is 17.6. The Balaban J connectivity index is 0. The topological polar surface area (TPSA) is 9.23 Å². The molecule has 0 N–H and O–H groups in total. The van der Waals surface area contributed by atoms with E-state index in [4.69, 9.17) is 4.74 Å². The number of hydrogen-bond acceptors (Lipinski definition) is 1. The van der Waals surface area contributed by atoms with E-state index in [2.05, 4.69) is 35.7 Å². The second-order valence-corrected chi connectivity index (χ2v) is 3.51. The third-order valence-corrected chi connectivity index (χ3v) is 2.10.